The van der Waals surface area contributed by atoms with E-state index in [9.17, 15) is 4.79 Å². The molecule has 4 rings (SSSR count). The zero-order valence-electron chi connectivity index (χ0n) is 12.3. The Bertz CT molecular complexity index is 1010. The Labute approximate surface area is 150 Å². The molecule has 2 heterocycles. The molecule has 6 heteroatoms. The van der Waals surface area contributed by atoms with Gasteiger partial charge in [0.25, 0.3) is 5.91 Å². The minimum Gasteiger partial charge on any atom is -0.454 e. The number of rotatable bonds is 3. The molecule has 0 aliphatic carbocycles. The van der Waals surface area contributed by atoms with Gasteiger partial charge in [0.1, 0.15) is 11.3 Å². The predicted molar refractivity (Wildman–Crippen MR) is 99.4 cm³/mol. The highest BCUT2D eigenvalue weighted by Gasteiger charge is 2.13. The van der Waals surface area contributed by atoms with Crippen LogP contribution in [-0.4, -0.2) is 10.9 Å². The number of aromatic nitrogens is 1. The smallest absolute Gasteiger partial charge is 0.257 e. The summed E-state index contributed by atoms with van der Waals surface area (Å²) >= 11 is 4.73. The van der Waals surface area contributed by atoms with Crippen LogP contribution in [0.1, 0.15) is 10.4 Å². The maximum absolute atomic E-state index is 12.3. The second-order valence-corrected chi connectivity index (χ2v) is 6.92. The van der Waals surface area contributed by atoms with Crippen LogP contribution in [0.25, 0.3) is 22.4 Å². The first kappa shape index (κ1) is 15.1. The number of carbonyl (C=O) groups is 1. The summed E-state index contributed by atoms with van der Waals surface area (Å²) in [6, 6.07) is 17.0. The number of hydrogen-bond donors (Lipinski definition) is 1. The van der Waals surface area contributed by atoms with Gasteiger partial charge in [-0.3, -0.25) is 10.1 Å². The molecule has 0 aliphatic heterocycles. The highest BCUT2D eigenvalue weighted by molar-refractivity contribution is 9.10. The van der Waals surface area contributed by atoms with E-state index in [-0.39, 0.29) is 5.91 Å². The van der Waals surface area contributed by atoms with Gasteiger partial charge in [-0.25, -0.2) is 4.98 Å². The summed E-state index contributed by atoms with van der Waals surface area (Å²) in [5.41, 5.74) is 2.10. The number of nitrogens with one attached hydrogen (secondary N) is 1. The van der Waals surface area contributed by atoms with Gasteiger partial charge in [-0.15, -0.1) is 11.3 Å². The third-order valence-electron chi connectivity index (χ3n) is 3.49. The lowest BCUT2D eigenvalue weighted by atomic mass is 10.2. The summed E-state index contributed by atoms with van der Waals surface area (Å²) in [6.07, 6.45) is 0. The fourth-order valence-corrected chi connectivity index (χ4v) is 3.45. The SMILES string of the molecule is O=C(Nc1nc(-c2cc3ccccc3o2)cs1)c1cccc(Br)c1. The van der Waals surface area contributed by atoms with E-state index in [1.54, 1.807) is 12.1 Å². The number of amides is 1. The summed E-state index contributed by atoms with van der Waals surface area (Å²) in [4.78, 5) is 16.7. The quantitative estimate of drug-likeness (QED) is 0.490. The van der Waals surface area contributed by atoms with E-state index in [0.717, 1.165) is 15.4 Å². The summed E-state index contributed by atoms with van der Waals surface area (Å²) in [6.45, 7) is 0. The van der Waals surface area contributed by atoms with Gasteiger partial charge < -0.3 is 4.42 Å². The van der Waals surface area contributed by atoms with Crippen molar-refractivity contribution in [2.45, 2.75) is 0 Å². The van der Waals surface area contributed by atoms with Gasteiger partial charge in [-0.05, 0) is 30.3 Å². The lowest BCUT2D eigenvalue weighted by Gasteiger charge is -2.01. The highest BCUT2D eigenvalue weighted by atomic mass is 79.9. The molecule has 0 fully saturated rings. The number of nitrogens with zero attached hydrogens (tertiary/aromatic N) is 1. The minimum atomic E-state index is -0.193. The Morgan fingerprint density at radius 1 is 1.12 bits per heavy atom. The van der Waals surface area contributed by atoms with Crippen LogP contribution < -0.4 is 5.32 Å². The van der Waals surface area contributed by atoms with Crippen LogP contribution in [0.4, 0.5) is 5.13 Å². The van der Waals surface area contributed by atoms with Crippen molar-refractivity contribution in [1.29, 1.82) is 0 Å². The molecule has 0 atom stereocenters. The van der Waals surface area contributed by atoms with Crippen molar-refractivity contribution < 1.29 is 9.21 Å². The third-order valence-corrected chi connectivity index (χ3v) is 4.74. The Balaban J connectivity index is 1.57. The lowest BCUT2D eigenvalue weighted by Crippen LogP contribution is -2.11. The highest BCUT2D eigenvalue weighted by Crippen LogP contribution is 2.30. The number of halogens is 1. The number of anilines is 1. The molecule has 2 aromatic heterocycles. The van der Waals surface area contributed by atoms with E-state index in [4.69, 9.17) is 4.42 Å². The molecule has 0 saturated heterocycles. The van der Waals surface area contributed by atoms with Crippen LogP contribution in [0.15, 0.2) is 68.9 Å². The van der Waals surface area contributed by atoms with E-state index in [1.807, 2.05) is 47.8 Å². The number of thiazole rings is 1. The Kier molecular flexibility index (Phi) is 3.92. The zero-order chi connectivity index (χ0) is 16.5. The van der Waals surface area contributed by atoms with Crippen molar-refractivity contribution in [1.82, 2.24) is 4.98 Å². The molecule has 118 valence electrons. The maximum atomic E-state index is 12.3. The summed E-state index contributed by atoms with van der Waals surface area (Å²) in [7, 11) is 0. The number of hydrogen-bond acceptors (Lipinski definition) is 4. The van der Waals surface area contributed by atoms with Gasteiger partial charge in [-0.1, -0.05) is 40.2 Å². The van der Waals surface area contributed by atoms with Gasteiger partial charge in [0, 0.05) is 20.8 Å². The molecule has 0 unspecified atom stereocenters. The maximum Gasteiger partial charge on any atom is 0.257 e. The average molecular weight is 399 g/mol. The van der Waals surface area contributed by atoms with E-state index >= 15 is 0 Å². The summed E-state index contributed by atoms with van der Waals surface area (Å²) in [5, 5.41) is 6.25. The van der Waals surface area contributed by atoms with E-state index in [1.165, 1.54) is 11.3 Å². The summed E-state index contributed by atoms with van der Waals surface area (Å²) in [5.74, 6) is 0.497. The van der Waals surface area contributed by atoms with Gasteiger partial charge in [0.2, 0.25) is 0 Å². The number of furan rings is 1. The standard InChI is InChI=1S/C18H11BrN2O2S/c19-13-6-3-5-12(8-13)17(22)21-18-20-14(10-24-18)16-9-11-4-1-2-7-15(11)23-16/h1-10H,(H,20,21,22). The fraction of sp³-hybridized carbons (Fsp3) is 0. The first-order valence-corrected chi connectivity index (χ1v) is 8.88. The van der Waals surface area contributed by atoms with Crippen LogP contribution in [0.3, 0.4) is 0 Å². The molecule has 0 saturated carbocycles. The van der Waals surface area contributed by atoms with Gasteiger partial charge in [-0.2, -0.15) is 0 Å². The lowest BCUT2D eigenvalue weighted by molar-refractivity contribution is 0.102. The molecule has 1 N–H and O–H groups in total. The van der Waals surface area contributed by atoms with Crippen molar-refractivity contribution in [2.24, 2.45) is 0 Å². The molecule has 4 aromatic rings. The second-order valence-electron chi connectivity index (χ2n) is 5.15. The zero-order valence-corrected chi connectivity index (χ0v) is 14.7. The van der Waals surface area contributed by atoms with Crippen LogP contribution in [0, 0.1) is 0 Å². The first-order valence-electron chi connectivity index (χ1n) is 7.20. The molecule has 1 amide bonds. The number of fused-ring (bicyclic) bond motifs is 1. The molecule has 0 radical (unpaired) electrons. The topological polar surface area (TPSA) is 55.1 Å². The molecular weight excluding hydrogens is 388 g/mol. The first-order chi connectivity index (χ1) is 11.7. The van der Waals surface area contributed by atoms with Crippen LogP contribution in [0.2, 0.25) is 0 Å². The van der Waals surface area contributed by atoms with Crippen molar-refractivity contribution in [3.8, 4) is 11.5 Å². The van der Waals surface area contributed by atoms with Crippen LogP contribution in [-0.2, 0) is 0 Å². The van der Waals surface area contributed by atoms with E-state index < -0.39 is 0 Å². The minimum absolute atomic E-state index is 0.193. The molecule has 2 aromatic carbocycles. The monoisotopic (exact) mass is 398 g/mol. The average Bonchev–Trinajstić information content (AvgIpc) is 3.21. The molecule has 0 bridgehead atoms. The second kappa shape index (κ2) is 6.22. The Morgan fingerprint density at radius 3 is 2.83 bits per heavy atom. The van der Waals surface area contributed by atoms with Crippen LogP contribution >= 0.6 is 27.3 Å². The Hall–Kier alpha value is -2.44. The Morgan fingerprint density at radius 2 is 2.00 bits per heavy atom. The molecular formula is C18H11BrN2O2S. The van der Waals surface area contributed by atoms with Gasteiger partial charge in [0.05, 0.1) is 0 Å². The third kappa shape index (κ3) is 2.98. The van der Waals surface area contributed by atoms with Crippen molar-refractivity contribution >= 4 is 49.3 Å². The van der Waals surface area contributed by atoms with Crippen molar-refractivity contribution in [3.05, 3.63) is 70.0 Å². The number of para-hydroxylation sites is 1. The van der Waals surface area contributed by atoms with Gasteiger partial charge in [0.15, 0.2) is 10.9 Å². The molecule has 0 spiro atoms. The largest absolute Gasteiger partial charge is 0.454 e. The normalized spacial score (nSPS) is 10.9. The molecule has 0 aliphatic rings. The number of carbonyl (C=O) groups excluding carboxylic acids is 1. The summed E-state index contributed by atoms with van der Waals surface area (Å²) < 4.78 is 6.66. The van der Waals surface area contributed by atoms with E-state index in [0.29, 0.717) is 22.1 Å². The molecule has 24 heavy (non-hydrogen) atoms. The van der Waals surface area contributed by atoms with Crippen molar-refractivity contribution in [3.63, 3.8) is 0 Å². The van der Waals surface area contributed by atoms with Crippen molar-refractivity contribution in [2.75, 3.05) is 5.32 Å². The van der Waals surface area contributed by atoms with Gasteiger partial charge >= 0.3 is 0 Å². The van der Waals surface area contributed by atoms with Crippen LogP contribution in [0.5, 0.6) is 0 Å². The molecule has 4 nitrogen and oxygen atoms in total. The predicted octanol–water partition coefficient (Wildman–Crippen LogP) is 5.57. The fourth-order valence-electron chi connectivity index (χ4n) is 2.35. The van der Waals surface area contributed by atoms with E-state index in [2.05, 4.69) is 26.2 Å². The number of benzene rings is 2.